The van der Waals surface area contributed by atoms with Crippen molar-refractivity contribution in [2.45, 2.75) is 17.7 Å². The van der Waals surface area contributed by atoms with Gasteiger partial charge in [0.15, 0.2) is 5.82 Å². The van der Waals surface area contributed by atoms with E-state index in [-0.39, 0.29) is 16.4 Å². The van der Waals surface area contributed by atoms with Gasteiger partial charge < -0.3 is 4.74 Å². The van der Waals surface area contributed by atoms with Crippen LogP contribution in [-0.4, -0.2) is 25.5 Å². The third-order valence-corrected chi connectivity index (χ3v) is 5.31. The lowest BCUT2D eigenvalue weighted by atomic mass is 10.1. The molecule has 0 aliphatic heterocycles. The minimum absolute atomic E-state index is 0.0353. The van der Waals surface area contributed by atoms with Crippen molar-refractivity contribution >= 4 is 15.8 Å². The Kier molecular flexibility index (Phi) is 5.85. The molecule has 1 N–H and O–H groups in total. The van der Waals surface area contributed by atoms with E-state index in [0.717, 1.165) is 17.7 Å². The first-order valence-corrected chi connectivity index (χ1v) is 9.78. The van der Waals surface area contributed by atoms with Crippen LogP contribution in [0.4, 0.5) is 19.0 Å². The second-order valence-corrected chi connectivity index (χ2v) is 7.69. The molecule has 0 atom stereocenters. The molecule has 0 unspecified atom stereocenters. The van der Waals surface area contributed by atoms with E-state index in [1.165, 1.54) is 12.4 Å². The van der Waals surface area contributed by atoms with Gasteiger partial charge in [-0.25, -0.2) is 13.4 Å². The van der Waals surface area contributed by atoms with Crippen molar-refractivity contribution in [3.63, 3.8) is 0 Å². The number of halogens is 3. The average Bonchev–Trinajstić information content (AvgIpc) is 2.69. The van der Waals surface area contributed by atoms with Crippen LogP contribution in [0.3, 0.4) is 0 Å². The number of sulfonamides is 1. The number of nitrogens with one attached hydrogen (secondary N) is 1. The first-order valence-electron chi connectivity index (χ1n) is 8.30. The van der Waals surface area contributed by atoms with Gasteiger partial charge in [-0.1, -0.05) is 24.3 Å². The first kappa shape index (κ1) is 20.7. The van der Waals surface area contributed by atoms with Crippen molar-refractivity contribution < 1.29 is 26.3 Å². The van der Waals surface area contributed by atoms with Crippen molar-refractivity contribution in [2.75, 3.05) is 11.8 Å². The van der Waals surface area contributed by atoms with Crippen LogP contribution < -0.4 is 4.72 Å². The summed E-state index contributed by atoms with van der Waals surface area (Å²) in [4.78, 5) is 7.88. The second-order valence-electron chi connectivity index (χ2n) is 6.01. The van der Waals surface area contributed by atoms with Gasteiger partial charge in [0.2, 0.25) is 0 Å². The van der Waals surface area contributed by atoms with Crippen molar-refractivity contribution in [1.29, 1.82) is 0 Å². The third-order valence-electron chi connectivity index (χ3n) is 3.96. The largest absolute Gasteiger partial charge is 0.416 e. The molecule has 0 saturated heterocycles. The topological polar surface area (TPSA) is 81.2 Å². The maximum absolute atomic E-state index is 12.7. The molecule has 1 heterocycles. The van der Waals surface area contributed by atoms with Crippen LogP contribution in [-0.2, 0) is 27.5 Å². The normalized spacial score (nSPS) is 12.0. The van der Waals surface area contributed by atoms with Crippen LogP contribution in [0, 0.1) is 0 Å². The SMILES string of the molecule is COCc1ccc(-c2nccnc2NS(=O)(=O)c2ccc(C(F)(F)F)cc2)cc1. The number of anilines is 1. The molecule has 0 amide bonds. The Hall–Kier alpha value is -2.98. The summed E-state index contributed by atoms with van der Waals surface area (Å²) in [6.45, 7) is 0.425. The Morgan fingerprint density at radius 1 is 0.966 bits per heavy atom. The van der Waals surface area contributed by atoms with E-state index < -0.39 is 21.8 Å². The smallest absolute Gasteiger partial charge is 0.380 e. The van der Waals surface area contributed by atoms with Crippen molar-refractivity contribution in [1.82, 2.24) is 9.97 Å². The summed E-state index contributed by atoms with van der Waals surface area (Å²) >= 11 is 0. The molecule has 0 fully saturated rings. The zero-order valence-electron chi connectivity index (χ0n) is 15.1. The van der Waals surface area contributed by atoms with Crippen LogP contribution in [0.25, 0.3) is 11.3 Å². The zero-order valence-corrected chi connectivity index (χ0v) is 16.0. The van der Waals surface area contributed by atoms with E-state index in [1.54, 1.807) is 19.2 Å². The number of nitrogens with zero attached hydrogens (tertiary/aromatic N) is 2. The minimum Gasteiger partial charge on any atom is -0.380 e. The molecule has 3 rings (SSSR count). The van der Waals surface area contributed by atoms with E-state index in [4.69, 9.17) is 4.74 Å². The molecule has 0 aliphatic carbocycles. The predicted molar refractivity (Wildman–Crippen MR) is 100 cm³/mol. The van der Waals surface area contributed by atoms with E-state index >= 15 is 0 Å². The van der Waals surface area contributed by atoms with Crippen molar-refractivity contribution in [3.05, 3.63) is 72.1 Å². The number of ether oxygens (including phenoxy) is 1. The average molecular weight is 423 g/mol. The molecule has 10 heteroatoms. The first-order chi connectivity index (χ1) is 13.7. The molecule has 0 saturated carbocycles. The summed E-state index contributed by atoms with van der Waals surface area (Å²) < 4.78 is 70.6. The van der Waals surface area contributed by atoms with Gasteiger partial charge in [-0.2, -0.15) is 13.2 Å². The monoisotopic (exact) mass is 423 g/mol. The fraction of sp³-hybridized carbons (Fsp3) is 0.158. The van der Waals surface area contributed by atoms with E-state index in [9.17, 15) is 21.6 Å². The number of benzene rings is 2. The molecular weight excluding hydrogens is 407 g/mol. The Morgan fingerprint density at radius 2 is 1.59 bits per heavy atom. The van der Waals surface area contributed by atoms with Crippen molar-refractivity contribution in [2.24, 2.45) is 0 Å². The lowest BCUT2D eigenvalue weighted by Crippen LogP contribution is -2.15. The zero-order chi connectivity index (χ0) is 21.1. The number of hydrogen-bond acceptors (Lipinski definition) is 5. The number of hydrogen-bond donors (Lipinski definition) is 1. The van der Waals surface area contributed by atoms with Gasteiger partial charge in [0, 0.05) is 25.1 Å². The highest BCUT2D eigenvalue weighted by Gasteiger charge is 2.30. The molecule has 2 aromatic carbocycles. The lowest BCUT2D eigenvalue weighted by molar-refractivity contribution is -0.137. The standard InChI is InChI=1S/C19H16F3N3O3S/c1-28-12-13-2-4-14(5-3-13)17-18(24-11-10-23-17)25-29(26,27)16-8-6-15(7-9-16)19(20,21)22/h2-11H,12H2,1H3,(H,24,25). The number of methoxy groups -OCH3 is 1. The molecule has 3 aromatic rings. The van der Waals surface area contributed by atoms with E-state index in [2.05, 4.69) is 14.7 Å². The Balaban J connectivity index is 1.90. The summed E-state index contributed by atoms with van der Waals surface area (Å²) in [7, 11) is -2.59. The summed E-state index contributed by atoms with van der Waals surface area (Å²) in [6.07, 6.45) is -1.83. The highest BCUT2D eigenvalue weighted by molar-refractivity contribution is 7.92. The quantitative estimate of drug-likeness (QED) is 0.645. The van der Waals surface area contributed by atoms with Gasteiger partial charge in [-0.3, -0.25) is 9.71 Å². The Bertz CT molecular complexity index is 1080. The Morgan fingerprint density at radius 3 is 2.17 bits per heavy atom. The molecule has 6 nitrogen and oxygen atoms in total. The van der Waals surface area contributed by atoms with Crippen LogP contribution >= 0.6 is 0 Å². The van der Waals surface area contributed by atoms with Crippen LogP contribution in [0.1, 0.15) is 11.1 Å². The summed E-state index contributed by atoms with van der Waals surface area (Å²) in [5.41, 5.74) is 0.884. The van der Waals surface area contributed by atoms with E-state index in [0.29, 0.717) is 24.3 Å². The number of rotatable bonds is 6. The highest BCUT2D eigenvalue weighted by atomic mass is 32.2. The van der Waals surface area contributed by atoms with Gasteiger partial charge in [-0.15, -0.1) is 0 Å². The number of aromatic nitrogens is 2. The molecule has 0 spiro atoms. The van der Waals surface area contributed by atoms with Crippen LogP contribution in [0.2, 0.25) is 0 Å². The lowest BCUT2D eigenvalue weighted by Gasteiger charge is -2.12. The molecule has 0 aliphatic rings. The van der Waals surface area contributed by atoms with Crippen LogP contribution in [0.5, 0.6) is 0 Å². The maximum atomic E-state index is 12.7. The molecule has 1 aromatic heterocycles. The van der Waals surface area contributed by atoms with Gasteiger partial charge in [0.1, 0.15) is 5.69 Å². The number of alkyl halides is 3. The van der Waals surface area contributed by atoms with Crippen molar-refractivity contribution in [3.8, 4) is 11.3 Å². The van der Waals surface area contributed by atoms with Gasteiger partial charge in [0.25, 0.3) is 10.0 Å². The summed E-state index contributed by atoms with van der Waals surface area (Å²) in [5.74, 6) is -0.0353. The third kappa shape index (κ3) is 4.90. The fourth-order valence-electron chi connectivity index (χ4n) is 2.56. The van der Waals surface area contributed by atoms with Crippen LogP contribution in [0.15, 0.2) is 65.8 Å². The fourth-order valence-corrected chi connectivity index (χ4v) is 3.57. The molecule has 29 heavy (non-hydrogen) atoms. The predicted octanol–water partition coefficient (Wildman–Crippen LogP) is 4.11. The van der Waals surface area contributed by atoms with E-state index in [1.807, 2.05) is 12.1 Å². The molecular formula is C19H16F3N3O3S. The molecule has 0 bridgehead atoms. The maximum Gasteiger partial charge on any atom is 0.416 e. The molecule has 152 valence electrons. The van der Waals surface area contributed by atoms with Gasteiger partial charge in [-0.05, 0) is 29.8 Å². The molecule has 0 radical (unpaired) electrons. The Labute approximate surface area is 165 Å². The van der Waals surface area contributed by atoms with Gasteiger partial charge in [0.05, 0.1) is 17.1 Å². The minimum atomic E-state index is -4.55. The highest BCUT2D eigenvalue weighted by Crippen LogP contribution is 2.30. The summed E-state index contributed by atoms with van der Waals surface area (Å²) in [5, 5.41) is 0. The van der Waals surface area contributed by atoms with Gasteiger partial charge >= 0.3 is 6.18 Å². The second kappa shape index (κ2) is 8.18. The summed E-state index contributed by atoms with van der Waals surface area (Å²) in [6, 6.07) is 10.3.